The third kappa shape index (κ3) is 1.44. The van der Waals surface area contributed by atoms with Crippen LogP contribution in [0.3, 0.4) is 0 Å². The zero-order valence-electron chi connectivity index (χ0n) is 9.61. The van der Waals surface area contributed by atoms with Gasteiger partial charge in [-0.05, 0) is 48.6 Å². The van der Waals surface area contributed by atoms with Gasteiger partial charge in [0.15, 0.2) is 0 Å². The molecule has 2 N–H and O–H groups in total. The topological polar surface area (TPSA) is 40.5 Å². The lowest BCUT2D eigenvalue weighted by Gasteiger charge is -2.16. The molecule has 3 rings (SSSR count). The van der Waals surface area contributed by atoms with Gasteiger partial charge in [0.25, 0.3) is 0 Å². The summed E-state index contributed by atoms with van der Waals surface area (Å²) in [5, 5.41) is 20.1. The number of hydrogen-bond acceptors (Lipinski definition) is 2. The van der Waals surface area contributed by atoms with Crippen molar-refractivity contribution < 1.29 is 10.2 Å². The standard InChI is InChI=1S/C14H18O2/c1-8(9-2-3-9)11-6-4-10-5-7-12(15)13(10)14(11)16/h4,6,8-9,12,15-16H,2-3,5,7H2,1H3. The number of fused-ring (bicyclic) bond motifs is 1. The van der Waals surface area contributed by atoms with E-state index < -0.39 is 6.10 Å². The number of aromatic hydroxyl groups is 1. The van der Waals surface area contributed by atoms with E-state index >= 15 is 0 Å². The van der Waals surface area contributed by atoms with E-state index in [9.17, 15) is 10.2 Å². The highest BCUT2D eigenvalue weighted by molar-refractivity contribution is 5.50. The SMILES string of the molecule is CC(c1ccc2c(c1O)C(O)CC2)C1CC1. The lowest BCUT2D eigenvalue weighted by atomic mass is 9.92. The predicted molar refractivity (Wildman–Crippen MR) is 62.5 cm³/mol. The molecule has 0 aliphatic heterocycles. The van der Waals surface area contributed by atoms with Crippen molar-refractivity contribution in [1.29, 1.82) is 0 Å². The van der Waals surface area contributed by atoms with Crippen molar-refractivity contribution in [2.75, 3.05) is 0 Å². The molecule has 1 aromatic carbocycles. The Morgan fingerprint density at radius 3 is 2.69 bits per heavy atom. The molecular formula is C14H18O2. The van der Waals surface area contributed by atoms with Crippen molar-refractivity contribution in [2.24, 2.45) is 5.92 Å². The number of aryl methyl sites for hydroxylation is 1. The van der Waals surface area contributed by atoms with E-state index in [0.717, 1.165) is 35.4 Å². The molecule has 1 saturated carbocycles. The molecule has 0 saturated heterocycles. The maximum Gasteiger partial charge on any atom is 0.125 e. The number of aliphatic hydroxyl groups excluding tert-OH is 1. The Labute approximate surface area is 95.9 Å². The number of aliphatic hydroxyl groups is 1. The minimum atomic E-state index is -0.457. The number of rotatable bonds is 2. The lowest BCUT2D eigenvalue weighted by Crippen LogP contribution is -2.00. The molecule has 16 heavy (non-hydrogen) atoms. The fraction of sp³-hybridized carbons (Fsp3) is 0.571. The number of phenolic OH excluding ortho intramolecular Hbond substituents is 1. The zero-order valence-corrected chi connectivity index (χ0v) is 9.61. The third-order valence-corrected chi connectivity index (χ3v) is 4.18. The van der Waals surface area contributed by atoms with Gasteiger partial charge in [0.2, 0.25) is 0 Å². The second kappa shape index (κ2) is 3.49. The number of phenols is 1. The average Bonchev–Trinajstić information content (AvgIpc) is 3.04. The molecule has 86 valence electrons. The van der Waals surface area contributed by atoms with Crippen LogP contribution in [0, 0.1) is 5.92 Å². The van der Waals surface area contributed by atoms with Gasteiger partial charge in [-0.15, -0.1) is 0 Å². The van der Waals surface area contributed by atoms with Gasteiger partial charge in [-0.3, -0.25) is 0 Å². The molecule has 1 fully saturated rings. The van der Waals surface area contributed by atoms with Crippen molar-refractivity contribution in [2.45, 2.75) is 44.6 Å². The van der Waals surface area contributed by atoms with Gasteiger partial charge in [0, 0.05) is 5.56 Å². The Kier molecular flexibility index (Phi) is 2.21. The van der Waals surface area contributed by atoms with Crippen LogP contribution in [0.1, 0.15) is 54.9 Å². The molecule has 2 atom stereocenters. The van der Waals surface area contributed by atoms with Crippen LogP contribution in [0.5, 0.6) is 5.75 Å². The van der Waals surface area contributed by atoms with E-state index in [1.54, 1.807) is 0 Å². The minimum absolute atomic E-state index is 0.363. The van der Waals surface area contributed by atoms with Gasteiger partial charge in [-0.25, -0.2) is 0 Å². The highest BCUT2D eigenvalue weighted by Crippen LogP contribution is 2.48. The van der Waals surface area contributed by atoms with E-state index in [2.05, 4.69) is 19.1 Å². The molecule has 0 aromatic heterocycles. The van der Waals surface area contributed by atoms with E-state index in [0.29, 0.717) is 11.7 Å². The third-order valence-electron chi connectivity index (χ3n) is 4.18. The van der Waals surface area contributed by atoms with Gasteiger partial charge < -0.3 is 10.2 Å². The van der Waals surface area contributed by atoms with Crippen molar-refractivity contribution >= 4 is 0 Å². The molecule has 2 nitrogen and oxygen atoms in total. The van der Waals surface area contributed by atoms with Crippen LogP contribution in [0.15, 0.2) is 12.1 Å². The largest absolute Gasteiger partial charge is 0.507 e. The van der Waals surface area contributed by atoms with Crippen LogP contribution in [-0.2, 0) is 6.42 Å². The van der Waals surface area contributed by atoms with Gasteiger partial charge in [-0.2, -0.15) is 0 Å². The first-order valence-corrected chi connectivity index (χ1v) is 6.21. The highest BCUT2D eigenvalue weighted by Gasteiger charge is 2.33. The smallest absolute Gasteiger partial charge is 0.125 e. The molecule has 1 aromatic rings. The van der Waals surface area contributed by atoms with E-state index in [1.165, 1.54) is 12.8 Å². The summed E-state index contributed by atoms with van der Waals surface area (Å²) in [5.41, 5.74) is 2.95. The van der Waals surface area contributed by atoms with Gasteiger partial charge in [0.1, 0.15) is 5.75 Å². The average molecular weight is 218 g/mol. The Balaban J connectivity index is 2.04. The van der Waals surface area contributed by atoms with Crippen LogP contribution in [0.2, 0.25) is 0 Å². The molecule has 0 heterocycles. The molecule has 2 heteroatoms. The molecular weight excluding hydrogens is 200 g/mol. The maximum absolute atomic E-state index is 10.3. The Bertz CT molecular complexity index is 421. The second-order valence-electron chi connectivity index (χ2n) is 5.26. The Hall–Kier alpha value is -1.02. The summed E-state index contributed by atoms with van der Waals surface area (Å²) in [7, 11) is 0. The molecule has 2 aliphatic carbocycles. The molecule has 0 amide bonds. The predicted octanol–water partition coefficient (Wildman–Crippen LogP) is 2.89. The second-order valence-corrected chi connectivity index (χ2v) is 5.26. The van der Waals surface area contributed by atoms with E-state index in [1.807, 2.05) is 0 Å². The summed E-state index contributed by atoms with van der Waals surface area (Å²) >= 11 is 0. The molecule has 0 bridgehead atoms. The van der Waals surface area contributed by atoms with Crippen molar-refractivity contribution in [1.82, 2.24) is 0 Å². The monoisotopic (exact) mass is 218 g/mol. The molecule has 0 radical (unpaired) electrons. The number of benzene rings is 1. The Morgan fingerprint density at radius 2 is 2.00 bits per heavy atom. The molecule has 2 aliphatic rings. The van der Waals surface area contributed by atoms with Crippen LogP contribution in [0.25, 0.3) is 0 Å². The summed E-state index contributed by atoms with van der Waals surface area (Å²) in [6, 6.07) is 4.13. The summed E-state index contributed by atoms with van der Waals surface area (Å²) in [6.07, 6.45) is 3.74. The Morgan fingerprint density at radius 1 is 1.25 bits per heavy atom. The van der Waals surface area contributed by atoms with Crippen LogP contribution >= 0.6 is 0 Å². The summed E-state index contributed by atoms with van der Waals surface area (Å²) < 4.78 is 0. The quantitative estimate of drug-likeness (QED) is 0.801. The van der Waals surface area contributed by atoms with Crippen LogP contribution < -0.4 is 0 Å². The lowest BCUT2D eigenvalue weighted by molar-refractivity contribution is 0.176. The van der Waals surface area contributed by atoms with Crippen molar-refractivity contribution in [3.8, 4) is 5.75 Å². The fourth-order valence-electron chi connectivity index (χ4n) is 2.91. The fourth-order valence-corrected chi connectivity index (χ4v) is 2.91. The van der Waals surface area contributed by atoms with Gasteiger partial charge in [0.05, 0.1) is 6.10 Å². The van der Waals surface area contributed by atoms with Crippen LogP contribution in [0.4, 0.5) is 0 Å². The first-order valence-electron chi connectivity index (χ1n) is 6.21. The van der Waals surface area contributed by atoms with E-state index in [4.69, 9.17) is 0 Å². The maximum atomic E-state index is 10.3. The zero-order chi connectivity index (χ0) is 11.3. The molecule has 0 spiro atoms. The summed E-state index contributed by atoms with van der Waals surface area (Å²) in [4.78, 5) is 0. The van der Waals surface area contributed by atoms with Crippen LogP contribution in [-0.4, -0.2) is 10.2 Å². The molecule has 2 unspecified atom stereocenters. The first-order chi connectivity index (χ1) is 7.68. The summed E-state index contributed by atoms with van der Waals surface area (Å²) in [6.45, 7) is 2.18. The van der Waals surface area contributed by atoms with Gasteiger partial charge >= 0.3 is 0 Å². The minimum Gasteiger partial charge on any atom is -0.507 e. The highest BCUT2D eigenvalue weighted by atomic mass is 16.3. The number of hydrogen-bond donors (Lipinski definition) is 2. The van der Waals surface area contributed by atoms with Gasteiger partial charge in [-0.1, -0.05) is 19.1 Å². The van der Waals surface area contributed by atoms with Crippen molar-refractivity contribution in [3.63, 3.8) is 0 Å². The normalized spacial score (nSPS) is 25.5. The van der Waals surface area contributed by atoms with E-state index in [-0.39, 0.29) is 0 Å². The summed E-state index contributed by atoms with van der Waals surface area (Å²) in [5.74, 6) is 1.53. The first kappa shape index (κ1) is 10.2. The van der Waals surface area contributed by atoms with Crippen molar-refractivity contribution in [3.05, 3.63) is 28.8 Å².